The Kier molecular flexibility index (Phi) is 2.81. The standard InChI is InChI=1S/C8H5ClFNO3/c1-4-6(8(9)12)2-5(11(13)14)3-7(4)10/h2-3H,1H3. The highest BCUT2D eigenvalue weighted by molar-refractivity contribution is 6.67. The largest absolute Gasteiger partial charge is 0.276 e. The molecule has 0 bridgehead atoms. The van der Waals surface area contributed by atoms with Crippen molar-refractivity contribution < 1.29 is 14.1 Å². The molecule has 0 saturated carbocycles. The van der Waals surface area contributed by atoms with Crippen molar-refractivity contribution in [3.63, 3.8) is 0 Å². The molecule has 1 rings (SSSR count). The Labute approximate surface area is 83.4 Å². The Morgan fingerprint density at radius 3 is 2.57 bits per heavy atom. The van der Waals surface area contributed by atoms with Gasteiger partial charge in [-0.05, 0) is 24.1 Å². The Bertz CT molecular complexity index is 419. The van der Waals surface area contributed by atoms with Crippen LogP contribution in [-0.2, 0) is 0 Å². The van der Waals surface area contributed by atoms with Crippen LogP contribution in [0.5, 0.6) is 0 Å². The summed E-state index contributed by atoms with van der Waals surface area (Å²) in [6, 6.07) is 1.70. The average Bonchev–Trinajstić information content (AvgIpc) is 2.08. The quantitative estimate of drug-likeness (QED) is 0.434. The highest BCUT2D eigenvalue weighted by Gasteiger charge is 2.17. The first-order valence-electron chi connectivity index (χ1n) is 3.58. The maximum Gasteiger partial charge on any atom is 0.273 e. The van der Waals surface area contributed by atoms with Gasteiger partial charge in [-0.1, -0.05) is 0 Å². The number of nitro groups is 1. The van der Waals surface area contributed by atoms with E-state index in [4.69, 9.17) is 11.6 Å². The van der Waals surface area contributed by atoms with E-state index in [1.807, 2.05) is 0 Å². The number of nitrogens with zero attached hydrogens (tertiary/aromatic N) is 1. The molecule has 0 aliphatic heterocycles. The molecule has 0 N–H and O–H groups in total. The molecule has 4 nitrogen and oxygen atoms in total. The van der Waals surface area contributed by atoms with Gasteiger partial charge in [0.05, 0.1) is 11.0 Å². The molecular weight excluding hydrogens is 213 g/mol. The molecule has 0 amide bonds. The van der Waals surface area contributed by atoms with Crippen molar-refractivity contribution in [3.8, 4) is 0 Å². The highest BCUT2D eigenvalue weighted by Crippen LogP contribution is 2.22. The first-order valence-corrected chi connectivity index (χ1v) is 3.95. The lowest BCUT2D eigenvalue weighted by Crippen LogP contribution is -1.99. The summed E-state index contributed by atoms with van der Waals surface area (Å²) in [4.78, 5) is 20.3. The lowest BCUT2D eigenvalue weighted by atomic mass is 10.1. The Balaban J connectivity index is 3.43. The second-order valence-electron chi connectivity index (χ2n) is 2.63. The van der Waals surface area contributed by atoms with Gasteiger partial charge in [0.25, 0.3) is 10.9 Å². The molecule has 0 aliphatic carbocycles. The maximum absolute atomic E-state index is 13.0. The Hall–Kier alpha value is -1.49. The molecular formula is C8H5ClFNO3. The third-order valence-corrected chi connectivity index (χ3v) is 1.96. The number of rotatable bonds is 2. The summed E-state index contributed by atoms with van der Waals surface area (Å²) in [6.07, 6.45) is 0. The third-order valence-electron chi connectivity index (χ3n) is 1.75. The van der Waals surface area contributed by atoms with Crippen molar-refractivity contribution in [1.29, 1.82) is 0 Å². The molecule has 1 aromatic rings. The van der Waals surface area contributed by atoms with Gasteiger partial charge in [0.2, 0.25) is 0 Å². The molecule has 0 spiro atoms. The molecule has 14 heavy (non-hydrogen) atoms. The van der Waals surface area contributed by atoms with Crippen molar-refractivity contribution >= 4 is 22.5 Å². The van der Waals surface area contributed by atoms with E-state index in [2.05, 4.69) is 0 Å². The second-order valence-corrected chi connectivity index (χ2v) is 2.97. The van der Waals surface area contributed by atoms with Gasteiger partial charge in [-0.2, -0.15) is 0 Å². The normalized spacial score (nSPS) is 9.93. The molecule has 74 valence electrons. The van der Waals surface area contributed by atoms with Crippen LogP contribution in [-0.4, -0.2) is 10.2 Å². The van der Waals surface area contributed by atoms with Crippen LogP contribution in [0.2, 0.25) is 0 Å². The summed E-state index contributed by atoms with van der Waals surface area (Å²) in [6.45, 7) is 1.33. The minimum Gasteiger partial charge on any atom is -0.276 e. The van der Waals surface area contributed by atoms with Gasteiger partial charge in [0, 0.05) is 11.6 Å². The third kappa shape index (κ3) is 1.88. The monoisotopic (exact) mass is 217 g/mol. The van der Waals surface area contributed by atoms with Gasteiger partial charge in [0.15, 0.2) is 0 Å². The molecule has 0 heterocycles. The van der Waals surface area contributed by atoms with Crippen LogP contribution in [0.4, 0.5) is 10.1 Å². The van der Waals surface area contributed by atoms with Gasteiger partial charge < -0.3 is 0 Å². The number of hydrogen-bond donors (Lipinski definition) is 0. The summed E-state index contributed by atoms with van der Waals surface area (Å²) in [5.41, 5.74) is -0.661. The molecule has 0 aliphatic rings. The number of carbonyl (C=O) groups excluding carboxylic acids is 1. The molecule has 6 heteroatoms. The summed E-state index contributed by atoms with van der Waals surface area (Å²) in [7, 11) is 0. The summed E-state index contributed by atoms with van der Waals surface area (Å²) in [5, 5.41) is 9.41. The fraction of sp³-hybridized carbons (Fsp3) is 0.125. The summed E-state index contributed by atoms with van der Waals surface area (Å²) < 4.78 is 13.0. The Morgan fingerprint density at radius 1 is 1.57 bits per heavy atom. The van der Waals surface area contributed by atoms with Gasteiger partial charge in [-0.3, -0.25) is 14.9 Å². The van der Waals surface area contributed by atoms with E-state index in [1.54, 1.807) is 0 Å². The van der Waals surface area contributed by atoms with E-state index in [0.29, 0.717) is 0 Å². The van der Waals surface area contributed by atoms with Crippen molar-refractivity contribution in [1.82, 2.24) is 0 Å². The van der Waals surface area contributed by atoms with Gasteiger partial charge in [-0.25, -0.2) is 4.39 Å². The predicted octanol–water partition coefficient (Wildman–Crippen LogP) is 2.42. The molecule has 0 radical (unpaired) electrons. The average molecular weight is 218 g/mol. The van der Waals surface area contributed by atoms with E-state index in [-0.39, 0.29) is 11.1 Å². The van der Waals surface area contributed by atoms with Crippen molar-refractivity contribution in [2.24, 2.45) is 0 Å². The molecule has 0 aromatic heterocycles. The lowest BCUT2D eigenvalue weighted by Gasteiger charge is -2.01. The van der Waals surface area contributed by atoms with Crippen LogP contribution in [0.1, 0.15) is 15.9 Å². The number of non-ortho nitro benzene ring substituents is 1. The minimum absolute atomic E-state index is 0.00981. The Morgan fingerprint density at radius 2 is 2.14 bits per heavy atom. The van der Waals surface area contributed by atoms with E-state index in [9.17, 15) is 19.3 Å². The van der Waals surface area contributed by atoms with E-state index in [0.717, 1.165) is 12.1 Å². The fourth-order valence-corrected chi connectivity index (χ4v) is 1.17. The molecule has 1 aromatic carbocycles. The van der Waals surface area contributed by atoms with Gasteiger partial charge >= 0.3 is 0 Å². The lowest BCUT2D eigenvalue weighted by molar-refractivity contribution is -0.385. The number of hydrogen-bond acceptors (Lipinski definition) is 3. The number of halogens is 2. The fourth-order valence-electron chi connectivity index (χ4n) is 0.974. The summed E-state index contributed by atoms with van der Waals surface area (Å²) >= 11 is 5.13. The smallest absolute Gasteiger partial charge is 0.273 e. The van der Waals surface area contributed by atoms with Crippen LogP contribution in [0, 0.1) is 22.9 Å². The second kappa shape index (κ2) is 3.71. The minimum atomic E-state index is -0.912. The molecule has 0 fully saturated rings. The van der Waals surface area contributed by atoms with E-state index >= 15 is 0 Å². The zero-order chi connectivity index (χ0) is 10.9. The maximum atomic E-state index is 13.0. The van der Waals surface area contributed by atoms with Crippen LogP contribution in [0.15, 0.2) is 12.1 Å². The number of benzene rings is 1. The topological polar surface area (TPSA) is 60.2 Å². The molecule has 0 unspecified atom stereocenters. The first kappa shape index (κ1) is 10.6. The molecule has 0 atom stereocenters. The van der Waals surface area contributed by atoms with Crippen LogP contribution < -0.4 is 0 Å². The first-order chi connectivity index (χ1) is 6.43. The van der Waals surface area contributed by atoms with Gasteiger partial charge in [0.1, 0.15) is 5.82 Å². The SMILES string of the molecule is Cc1c(F)cc([N+](=O)[O-])cc1C(=O)Cl. The zero-order valence-corrected chi connectivity index (χ0v) is 7.84. The van der Waals surface area contributed by atoms with Crippen molar-refractivity contribution in [2.75, 3.05) is 0 Å². The van der Waals surface area contributed by atoms with E-state index in [1.165, 1.54) is 6.92 Å². The van der Waals surface area contributed by atoms with Crippen molar-refractivity contribution in [2.45, 2.75) is 6.92 Å². The van der Waals surface area contributed by atoms with Crippen LogP contribution >= 0.6 is 11.6 Å². The van der Waals surface area contributed by atoms with E-state index < -0.39 is 21.7 Å². The highest BCUT2D eigenvalue weighted by atomic mass is 35.5. The predicted molar refractivity (Wildman–Crippen MR) is 48.0 cm³/mol. The van der Waals surface area contributed by atoms with Gasteiger partial charge in [-0.15, -0.1) is 0 Å². The number of carbonyl (C=O) groups is 1. The van der Waals surface area contributed by atoms with Crippen molar-refractivity contribution in [3.05, 3.63) is 39.2 Å². The van der Waals surface area contributed by atoms with Crippen LogP contribution in [0.25, 0.3) is 0 Å². The zero-order valence-electron chi connectivity index (χ0n) is 7.08. The molecule has 0 saturated heterocycles. The number of nitro benzene ring substituents is 1. The van der Waals surface area contributed by atoms with Crippen LogP contribution in [0.3, 0.4) is 0 Å². The summed E-state index contributed by atoms with van der Waals surface area (Å²) in [5.74, 6) is -0.816.